The first-order chi connectivity index (χ1) is 17.4. The van der Waals surface area contributed by atoms with Crippen LogP contribution in [0.25, 0.3) is 0 Å². The van der Waals surface area contributed by atoms with Gasteiger partial charge < -0.3 is 14.0 Å². The second-order valence-corrected chi connectivity index (χ2v) is 10.7. The molecule has 0 aliphatic carbocycles. The Morgan fingerprint density at radius 1 is 0.778 bits per heavy atom. The van der Waals surface area contributed by atoms with Gasteiger partial charge in [-0.25, -0.2) is 4.79 Å². The molecule has 0 aliphatic heterocycles. The largest absolute Gasteiger partial charge is 0.494 e. The van der Waals surface area contributed by atoms with Crippen LogP contribution in [0.5, 0.6) is 5.75 Å². The number of hydrogen-bond donors (Lipinski definition) is 0. The quantitative estimate of drug-likeness (QED) is 0.113. The van der Waals surface area contributed by atoms with E-state index in [0.29, 0.717) is 17.7 Å². The Hall–Kier alpha value is -2.33. The molecule has 36 heavy (non-hydrogen) atoms. The number of benzene rings is 2. The molecule has 0 radical (unpaired) electrons. The molecule has 1 unspecified atom stereocenters. The van der Waals surface area contributed by atoms with Crippen molar-refractivity contribution in [1.29, 1.82) is 0 Å². The second kappa shape index (κ2) is 17.2. The molecule has 0 aliphatic rings. The van der Waals surface area contributed by atoms with Gasteiger partial charge in [0.2, 0.25) is 0 Å². The fourth-order valence-electron chi connectivity index (χ4n) is 4.42. The monoisotopic (exact) mass is 496 g/mol. The molecule has 0 fully saturated rings. The van der Waals surface area contributed by atoms with Gasteiger partial charge in [-0.15, -0.1) is 0 Å². The summed E-state index contributed by atoms with van der Waals surface area (Å²) in [5.74, 6) is 0.808. The number of rotatable bonds is 19. The summed E-state index contributed by atoms with van der Waals surface area (Å²) < 4.78 is 12.1. The Labute approximate surface area is 220 Å². The molecular formula is C32H50NO3+. The van der Waals surface area contributed by atoms with Gasteiger partial charge in [0.25, 0.3) is 0 Å². The maximum atomic E-state index is 12.6. The summed E-state index contributed by atoms with van der Waals surface area (Å²) in [7, 11) is 4.16. The number of ether oxygens (including phenoxy) is 2. The number of carbonyl (C=O) groups is 1. The minimum atomic E-state index is -0.217. The van der Waals surface area contributed by atoms with Gasteiger partial charge >= 0.3 is 5.97 Å². The Morgan fingerprint density at radius 2 is 1.42 bits per heavy atom. The lowest BCUT2D eigenvalue weighted by molar-refractivity contribution is -0.917. The molecule has 0 saturated carbocycles. The topological polar surface area (TPSA) is 35.5 Å². The van der Waals surface area contributed by atoms with Crippen molar-refractivity contribution in [3.8, 4) is 5.75 Å². The number of nitrogens with zero attached hydrogens (tertiary/aromatic N) is 1. The van der Waals surface area contributed by atoms with Gasteiger partial charge in [-0.1, -0.05) is 94.3 Å². The maximum Gasteiger partial charge on any atom is 0.364 e. The SMILES string of the molecule is CCCCCCCCCCc1cccc(OCCCCOC(=O)C(C)[N+](C)(C)Cc2ccccc2)c1. The number of quaternary nitrogens is 1. The molecule has 0 aromatic heterocycles. The lowest BCUT2D eigenvalue weighted by Gasteiger charge is -2.34. The van der Waals surface area contributed by atoms with Gasteiger partial charge in [0, 0.05) is 5.56 Å². The second-order valence-electron chi connectivity index (χ2n) is 10.7. The third-order valence-corrected chi connectivity index (χ3v) is 7.09. The van der Waals surface area contributed by atoms with Crippen molar-refractivity contribution >= 4 is 5.97 Å². The fraction of sp³-hybridized carbons (Fsp3) is 0.594. The molecule has 200 valence electrons. The minimum absolute atomic E-state index is 0.134. The molecule has 2 rings (SSSR count). The number of likely N-dealkylation sites (N-methyl/N-ethyl adjacent to an activating group) is 1. The van der Waals surface area contributed by atoms with E-state index in [1.807, 2.05) is 31.2 Å². The van der Waals surface area contributed by atoms with Crippen molar-refractivity contribution in [2.75, 3.05) is 27.3 Å². The number of esters is 1. The Balaban J connectivity index is 1.57. The lowest BCUT2D eigenvalue weighted by atomic mass is 10.0. The Morgan fingerprint density at radius 3 is 2.14 bits per heavy atom. The van der Waals surface area contributed by atoms with Crippen LogP contribution in [0, 0.1) is 0 Å². The zero-order valence-corrected chi connectivity index (χ0v) is 23.3. The van der Waals surface area contributed by atoms with Gasteiger partial charge in [-0.3, -0.25) is 0 Å². The number of hydrogen-bond acceptors (Lipinski definition) is 3. The normalized spacial score (nSPS) is 12.3. The molecular weight excluding hydrogens is 446 g/mol. The fourth-order valence-corrected chi connectivity index (χ4v) is 4.42. The van der Waals surface area contributed by atoms with E-state index < -0.39 is 0 Å². The van der Waals surface area contributed by atoms with E-state index in [1.54, 1.807) is 0 Å². The molecule has 0 amide bonds. The first-order valence-electron chi connectivity index (χ1n) is 14.2. The van der Waals surface area contributed by atoms with Crippen molar-refractivity contribution in [2.24, 2.45) is 0 Å². The van der Waals surface area contributed by atoms with Crippen LogP contribution in [0.3, 0.4) is 0 Å². The van der Waals surface area contributed by atoms with E-state index >= 15 is 0 Å². The molecule has 0 bridgehead atoms. The van der Waals surface area contributed by atoms with Gasteiger partial charge in [0.15, 0.2) is 6.04 Å². The highest BCUT2D eigenvalue weighted by molar-refractivity contribution is 5.74. The molecule has 0 spiro atoms. The van der Waals surface area contributed by atoms with E-state index in [9.17, 15) is 4.79 Å². The zero-order valence-electron chi connectivity index (χ0n) is 23.3. The summed E-state index contributed by atoms with van der Waals surface area (Å²) in [6, 6.07) is 18.6. The van der Waals surface area contributed by atoms with Crippen molar-refractivity contribution < 1.29 is 18.8 Å². The summed E-state index contributed by atoms with van der Waals surface area (Å²) in [6.45, 7) is 6.10. The van der Waals surface area contributed by atoms with Crippen LogP contribution in [0.1, 0.15) is 89.2 Å². The standard InChI is InChI=1S/C32H50NO3/c1-5-6-7-8-9-10-11-13-19-29-22-18-23-31(26-29)35-24-16-17-25-36-32(34)28(2)33(3,4)27-30-20-14-12-15-21-30/h12,14-15,18,20-23,26,28H,5-11,13,16-17,19,24-25,27H2,1-4H3/q+1. The Kier molecular flexibility index (Phi) is 14.3. The smallest absolute Gasteiger partial charge is 0.364 e. The van der Waals surface area contributed by atoms with Crippen LogP contribution in [-0.4, -0.2) is 43.8 Å². The first kappa shape index (κ1) is 29.9. The Bertz CT molecular complexity index is 849. The average molecular weight is 497 g/mol. The number of carbonyl (C=O) groups excluding carboxylic acids is 1. The summed E-state index contributed by atoms with van der Waals surface area (Å²) in [4.78, 5) is 12.6. The predicted octanol–water partition coefficient (Wildman–Crippen LogP) is 7.74. The third kappa shape index (κ3) is 12.1. The van der Waals surface area contributed by atoms with Crippen LogP contribution in [-0.2, 0) is 22.5 Å². The summed E-state index contributed by atoms with van der Waals surface area (Å²) in [5, 5.41) is 0. The van der Waals surface area contributed by atoms with E-state index in [0.717, 1.165) is 31.6 Å². The summed E-state index contributed by atoms with van der Waals surface area (Å²) >= 11 is 0. The highest BCUT2D eigenvalue weighted by Crippen LogP contribution is 2.18. The molecule has 0 heterocycles. The van der Waals surface area contributed by atoms with Crippen LogP contribution >= 0.6 is 0 Å². The van der Waals surface area contributed by atoms with Gasteiger partial charge in [-0.2, -0.15) is 0 Å². The molecule has 2 aromatic carbocycles. The van der Waals surface area contributed by atoms with E-state index in [-0.39, 0.29) is 12.0 Å². The van der Waals surface area contributed by atoms with Crippen molar-refractivity contribution in [3.05, 3.63) is 65.7 Å². The zero-order chi connectivity index (χ0) is 26.1. The minimum Gasteiger partial charge on any atom is -0.494 e. The van der Waals surface area contributed by atoms with E-state index in [2.05, 4.69) is 51.4 Å². The predicted molar refractivity (Wildman–Crippen MR) is 150 cm³/mol. The van der Waals surface area contributed by atoms with E-state index in [4.69, 9.17) is 9.47 Å². The highest BCUT2D eigenvalue weighted by atomic mass is 16.5. The van der Waals surface area contributed by atoms with Crippen molar-refractivity contribution in [2.45, 2.75) is 97.1 Å². The number of unbranched alkanes of at least 4 members (excludes halogenated alkanes) is 8. The van der Waals surface area contributed by atoms with Crippen LogP contribution in [0.4, 0.5) is 0 Å². The van der Waals surface area contributed by atoms with Crippen LogP contribution in [0.15, 0.2) is 54.6 Å². The molecule has 4 heteroatoms. The van der Waals surface area contributed by atoms with Crippen molar-refractivity contribution in [3.63, 3.8) is 0 Å². The van der Waals surface area contributed by atoms with Crippen LogP contribution < -0.4 is 4.74 Å². The average Bonchev–Trinajstić information content (AvgIpc) is 2.87. The van der Waals surface area contributed by atoms with Gasteiger partial charge in [0.05, 0.1) is 27.3 Å². The molecule has 0 N–H and O–H groups in total. The molecule has 2 aromatic rings. The lowest BCUT2D eigenvalue weighted by Crippen LogP contribution is -2.51. The number of aryl methyl sites for hydroxylation is 1. The molecule has 1 atom stereocenters. The first-order valence-corrected chi connectivity index (χ1v) is 14.2. The van der Waals surface area contributed by atoms with Crippen LogP contribution in [0.2, 0.25) is 0 Å². The summed E-state index contributed by atoms with van der Waals surface area (Å²) in [6.07, 6.45) is 13.6. The van der Waals surface area contributed by atoms with E-state index in [1.165, 1.54) is 62.5 Å². The molecule has 0 saturated heterocycles. The van der Waals surface area contributed by atoms with Gasteiger partial charge in [0.1, 0.15) is 12.3 Å². The van der Waals surface area contributed by atoms with Gasteiger partial charge in [-0.05, 0) is 50.3 Å². The summed E-state index contributed by atoms with van der Waals surface area (Å²) in [5.41, 5.74) is 2.58. The highest BCUT2D eigenvalue weighted by Gasteiger charge is 2.32. The molecule has 4 nitrogen and oxygen atoms in total. The van der Waals surface area contributed by atoms with Crippen molar-refractivity contribution in [1.82, 2.24) is 0 Å². The maximum absolute atomic E-state index is 12.6. The third-order valence-electron chi connectivity index (χ3n) is 7.09.